The molecule has 0 bridgehead atoms. The van der Waals surface area contributed by atoms with E-state index < -0.39 is 0 Å². The van der Waals surface area contributed by atoms with E-state index in [9.17, 15) is 5.26 Å². The van der Waals surface area contributed by atoms with Crippen LogP contribution in [-0.2, 0) is 0 Å². The van der Waals surface area contributed by atoms with E-state index in [0.29, 0.717) is 16.5 Å². The summed E-state index contributed by atoms with van der Waals surface area (Å²) in [5.41, 5.74) is 3.06. The van der Waals surface area contributed by atoms with Gasteiger partial charge in [0.2, 0.25) is 5.95 Å². The summed E-state index contributed by atoms with van der Waals surface area (Å²) < 4.78 is 0. The number of anilines is 3. The third-order valence-electron chi connectivity index (χ3n) is 4.76. The first-order chi connectivity index (χ1) is 12.8. The van der Waals surface area contributed by atoms with E-state index >= 15 is 0 Å². The number of aromatic nitrogens is 3. The Morgan fingerprint density at radius 1 is 1.04 bits per heavy atom. The predicted molar refractivity (Wildman–Crippen MR) is 109 cm³/mol. The molecule has 0 aliphatic carbocycles. The van der Waals surface area contributed by atoms with Crippen molar-refractivity contribution in [1.29, 1.82) is 5.26 Å². The molecule has 1 aliphatic heterocycles. The fourth-order valence-corrected chi connectivity index (χ4v) is 3.36. The van der Waals surface area contributed by atoms with Crippen LogP contribution in [0.25, 0.3) is 0 Å². The predicted octanol–water partition coefficient (Wildman–Crippen LogP) is 2.71. The van der Waals surface area contributed by atoms with Crippen LogP contribution in [0.3, 0.4) is 0 Å². The summed E-state index contributed by atoms with van der Waals surface area (Å²) in [6, 6.07) is 4.28. The quantitative estimate of drug-likeness (QED) is 0.804. The second-order valence-electron chi connectivity index (χ2n) is 6.98. The van der Waals surface area contributed by atoms with Gasteiger partial charge in [0.25, 0.3) is 0 Å². The first-order valence-corrected chi connectivity index (χ1v) is 9.29. The lowest BCUT2D eigenvalue weighted by Crippen LogP contribution is -2.47. The number of nitriles is 1. The Kier molecular flexibility index (Phi) is 5.38. The molecule has 8 heteroatoms. The molecule has 2 aromatic heterocycles. The van der Waals surface area contributed by atoms with Crippen molar-refractivity contribution in [2.75, 3.05) is 55.0 Å². The second-order valence-corrected chi connectivity index (χ2v) is 7.36. The van der Waals surface area contributed by atoms with Crippen molar-refractivity contribution in [2.45, 2.75) is 20.8 Å². The van der Waals surface area contributed by atoms with Gasteiger partial charge in [-0.15, -0.1) is 0 Å². The van der Waals surface area contributed by atoms with Gasteiger partial charge in [0.05, 0.1) is 16.3 Å². The van der Waals surface area contributed by atoms with E-state index in [1.165, 1.54) is 0 Å². The van der Waals surface area contributed by atoms with Crippen molar-refractivity contribution in [3.8, 4) is 6.07 Å². The van der Waals surface area contributed by atoms with Gasteiger partial charge in [-0.3, -0.25) is 0 Å². The molecule has 2 aromatic rings. The molecule has 0 atom stereocenters. The van der Waals surface area contributed by atoms with Gasteiger partial charge < -0.3 is 14.7 Å². The second kappa shape index (κ2) is 7.57. The van der Waals surface area contributed by atoms with E-state index in [1.54, 1.807) is 0 Å². The van der Waals surface area contributed by atoms with Gasteiger partial charge in [0.1, 0.15) is 17.7 Å². The van der Waals surface area contributed by atoms with Crippen molar-refractivity contribution >= 4 is 29.2 Å². The molecule has 0 radical (unpaired) electrons. The molecule has 142 valence electrons. The maximum Gasteiger partial charge on any atom is 0.226 e. The molecule has 1 saturated heterocycles. The first-order valence-electron chi connectivity index (χ1n) is 8.91. The van der Waals surface area contributed by atoms with E-state index in [-0.39, 0.29) is 0 Å². The van der Waals surface area contributed by atoms with Crippen LogP contribution in [0.2, 0.25) is 5.02 Å². The number of hydrogen-bond acceptors (Lipinski definition) is 7. The summed E-state index contributed by atoms with van der Waals surface area (Å²) in [5.74, 6) is 2.37. The van der Waals surface area contributed by atoms with Crippen molar-refractivity contribution in [2.24, 2.45) is 0 Å². The summed E-state index contributed by atoms with van der Waals surface area (Å²) in [6.07, 6.45) is 0. The molecule has 0 aromatic carbocycles. The Morgan fingerprint density at radius 2 is 1.67 bits per heavy atom. The zero-order valence-corrected chi connectivity index (χ0v) is 17.2. The number of piperazine rings is 1. The zero-order chi connectivity index (χ0) is 19.7. The zero-order valence-electron chi connectivity index (χ0n) is 16.4. The number of aryl methyl sites for hydroxylation is 2. The van der Waals surface area contributed by atoms with Gasteiger partial charge >= 0.3 is 0 Å². The molecule has 7 nitrogen and oxygen atoms in total. The van der Waals surface area contributed by atoms with Crippen LogP contribution in [0.15, 0.2) is 6.07 Å². The number of nitrogens with zero attached hydrogens (tertiary/aromatic N) is 7. The fourth-order valence-electron chi connectivity index (χ4n) is 3.22. The Morgan fingerprint density at radius 3 is 2.26 bits per heavy atom. The molecule has 0 saturated carbocycles. The lowest BCUT2D eigenvalue weighted by Gasteiger charge is -2.37. The molecule has 0 spiro atoms. The third-order valence-corrected chi connectivity index (χ3v) is 5.32. The first kappa shape index (κ1) is 19.2. The van der Waals surface area contributed by atoms with Gasteiger partial charge in [-0.25, -0.2) is 9.97 Å². The van der Waals surface area contributed by atoms with Crippen LogP contribution in [-0.4, -0.2) is 55.2 Å². The normalized spacial score (nSPS) is 14.3. The molecule has 1 fully saturated rings. The van der Waals surface area contributed by atoms with Crippen molar-refractivity contribution in [1.82, 2.24) is 15.0 Å². The standard InChI is InChI=1S/C19H24ClN7/c1-12-10-16(24-19(22-12)25(4)5)26-6-8-27(9-7-26)18-15(11-21)13(2)17(20)14(3)23-18/h10H,6-9H2,1-5H3. The molecule has 0 N–H and O–H groups in total. The fraction of sp³-hybridized carbons (Fsp3) is 0.474. The average Bonchev–Trinajstić information content (AvgIpc) is 2.65. The summed E-state index contributed by atoms with van der Waals surface area (Å²) in [4.78, 5) is 20.0. The molecule has 0 amide bonds. The summed E-state index contributed by atoms with van der Waals surface area (Å²) in [6.45, 7) is 8.87. The van der Waals surface area contributed by atoms with E-state index in [1.807, 2.05) is 45.8 Å². The molecule has 1 aliphatic rings. The van der Waals surface area contributed by atoms with Crippen LogP contribution in [0.4, 0.5) is 17.6 Å². The Bertz CT molecular complexity index is 896. The summed E-state index contributed by atoms with van der Waals surface area (Å²) in [7, 11) is 3.88. The van der Waals surface area contributed by atoms with Gasteiger partial charge in [0.15, 0.2) is 0 Å². The van der Waals surface area contributed by atoms with E-state index in [4.69, 9.17) is 11.6 Å². The number of rotatable bonds is 3. The molecule has 3 rings (SSSR count). The summed E-state index contributed by atoms with van der Waals surface area (Å²) in [5, 5.41) is 10.2. The highest BCUT2D eigenvalue weighted by Gasteiger charge is 2.24. The highest BCUT2D eigenvalue weighted by atomic mass is 35.5. The molecule has 27 heavy (non-hydrogen) atoms. The molecule has 0 unspecified atom stereocenters. The number of pyridine rings is 1. The van der Waals surface area contributed by atoms with Gasteiger partial charge in [0, 0.05) is 52.0 Å². The highest BCUT2D eigenvalue weighted by Crippen LogP contribution is 2.30. The van der Waals surface area contributed by atoms with Crippen molar-refractivity contribution < 1.29 is 0 Å². The van der Waals surface area contributed by atoms with Gasteiger partial charge in [-0.2, -0.15) is 10.2 Å². The monoisotopic (exact) mass is 385 g/mol. The van der Waals surface area contributed by atoms with Crippen LogP contribution >= 0.6 is 11.6 Å². The molecule has 3 heterocycles. The van der Waals surface area contributed by atoms with Crippen LogP contribution < -0.4 is 14.7 Å². The number of hydrogen-bond donors (Lipinski definition) is 0. The molecular formula is C19H24ClN7. The SMILES string of the molecule is Cc1cc(N2CCN(c3nc(C)c(Cl)c(C)c3C#N)CC2)nc(N(C)C)n1. The van der Waals surface area contributed by atoms with Gasteiger partial charge in [-0.1, -0.05) is 11.6 Å². The van der Waals surface area contributed by atoms with Crippen LogP contribution in [0, 0.1) is 32.1 Å². The van der Waals surface area contributed by atoms with Crippen LogP contribution in [0.1, 0.15) is 22.5 Å². The molecular weight excluding hydrogens is 362 g/mol. The number of halogens is 1. The third kappa shape index (κ3) is 3.76. The average molecular weight is 386 g/mol. The van der Waals surface area contributed by atoms with Crippen LogP contribution in [0.5, 0.6) is 0 Å². The smallest absolute Gasteiger partial charge is 0.226 e. The van der Waals surface area contributed by atoms with E-state index in [2.05, 4.69) is 30.8 Å². The Hall–Kier alpha value is -2.59. The topological polar surface area (TPSA) is 72.2 Å². The minimum Gasteiger partial charge on any atom is -0.353 e. The minimum atomic E-state index is 0.562. The maximum atomic E-state index is 9.58. The maximum absolute atomic E-state index is 9.58. The van der Waals surface area contributed by atoms with Crippen molar-refractivity contribution in [3.63, 3.8) is 0 Å². The van der Waals surface area contributed by atoms with Crippen molar-refractivity contribution in [3.05, 3.63) is 33.6 Å². The minimum absolute atomic E-state index is 0.562. The highest BCUT2D eigenvalue weighted by molar-refractivity contribution is 6.32. The lowest BCUT2D eigenvalue weighted by atomic mass is 10.1. The van der Waals surface area contributed by atoms with E-state index in [0.717, 1.165) is 54.8 Å². The Labute approximate surface area is 165 Å². The van der Waals surface area contributed by atoms with Gasteiger partial charge in [-0.05, 0) is 26.3 Å². The Balaban J connectivity index is 1.82. The summed E-state index contributed by atoms with van der Waals surface area (Å²) >= 11 is 6.27. The lowest BCUT2D eigenvalue weighted by molar-refractivity contribution is 0.639. The largest absolute Gasteiger partial charge is 0.353 e.